The molecule has 8 nitrogen and oxygen atoms in total. The van der Waals surface area contributed by atoms with Crippen LogP contribution >= 0.6 is 0 Å². The first kappa shape index (κ1) is 17.6. The molecule has 0 fully saturated rings. The summed E-state index contributed by atoms with van der Waals surface area (Å²) in [6, 6.07) is 5.65. The van der Waals surface area contributed by atoms with Crippen LogP contribution in [0.3, 0.4) is 0 Å². The van der Waals surface area contributed by atoms with Crippen molar-refractivity contribution in [3.63, 3.8) is 0 Å². The zero-order valence-electron chi connectivity index (χ0n) is 16.4. The highest BCUT2D eigenvalue weighted by Crippen LogP contribution is 2.53. The molecule has 0 radical (unpaired) electrons. The van der Waals surface area contributed by atoms with Crippen LogP contribution in [0.1, 0.15) is 0 Å². The van der Waals surface area contributed by atoms with Gasteiger partial charge < -0.3 is 29.2 Å². The Morgan fingerprint density at radius 2 is 1.35 bits per heavy atom. The van der Waals surface area contributed by atoms with E-state index in [1.807, 2.05) is 0 Å². The molecule has 1 aliphatic rings. The summed E-state index contributed by atoms with van der Waals surface area (Å²) in [7, 11) is 2.75. The van der Waals surface area contributed by atoms with Crippen molar-refractivity contribution in [2.75, 3.05) is 21.0 Å². The molecule has 0 unspecified atom stereocenters. The summed E-state index contributed by atoms with van der Waals surface area (Å²) in [5.41, 5.74) is -0.903. The quantitative estimate of drug-likeness (QED) is 0.332. The Bertz CT molecular complexity index is 1690. The van der Waals surface area contributed by atoms with E-state index in [2.05, 4.69) is 0 Å². The topological polar surface area (TPSA) is 112 Å². The molecule has 5 aromatic rings. The number of benzene rings is 5. The lowest BCUT2D eigenvalue weighted by molar-refractivity contribution is 0.125. The van der Waals surface area contributed by atoms with Crippen LogP contribution in [0.4, 0.5) is 0 Å². The van der Waals surface area contributed by atoms with Gasteiger partial charge in [0.15, 0.2) is 11.2 Å². The summed E-state index contributed by atoms with van der Waals surface area (Å²) in [4.78, 5) is 25.9. The maximum absolute atomic E-state index is 13.2. The van der Waals surface area contributed by atoms with Gasteiger partial charge in [-0.3, -0.25) is 9.59 Å². The zero-order chi connectivity index (χ0) is 21.6. The Morgan fingerprint density at radius 1 is 0.742 bits per heavy atom. The Morgan fingerprint density at radius 3 is 2.00 bits per heavy atom. The first-order valence-electron chi connectivity index (χ1n) is 9.38. The van der Waals surface area contributed by atoms with Gasteiger partial charge in [0.25, 0.3) is 0 Å². The Kier molecular flexibility index (Phi) is 3.24. The molecule has 0 saturated heterocycles. The van der Waals surface area contributed by atoms with Gasteiger partial charge in [-0.1, -0.05) is 0 Å². The van der Waals surface area contributed by atoms with Crippen molar-refractivity contribution in [3.8, 4) is 34.5 Å². The second kappa shape index (κ2) is 5.69. The molecule has 2 N–H and O–H groups in total. The van der Waals surface area contributed by atoms with E-state index in [1.54, 1.807) is 6.07 Å². The minimum absolute atomic E-state index is 0.0425. The van der Waals surface area contributed by atoms with Crippen LogP contribution < -0.4 is 29.8 Å². The molecule has 8 heteroatoms. The molecule has 154 valence electrons. The molecular weight excluding hydrogens is 404 g/mol. The second-order valence-electron chi connectivity index (χ2n) is 7.33. The molecule has 5 aromatic carbocycles. The van der Waals surface area contributed by atoms with Gasteiger partial charge in [0.2, 0.25) is 18.0 Å². The fraction of sp³-hybridized carbons (Fsp3) is 0.130. The van der Waals surface area contributed by atoms with E-state index in [9.17, 15) is 19.8 Å². The summed E-state index contributed by atoms with van der Waals surface area (Å²) >= 11 is 0. The van der Waals surface area contributed by atoms with Crippen LogP contribution in [0.5, 0.6) is 34.5 Å². The first-order chi connectivity index (χ1) is 15.0. The monoisotopic (exact) mass is 418 g/mol. The number of phenolic OH excluding ortho intramolecular Hbond substituents is 2. The number of ether oxygens (including phenoxy) is 4. The standard InChI is InChI=1S/C23H14O8/c1-28-22-15-8-3-4-9(24)16-10(25)5-12-18(14(8)16)19-13(31-7-30-12)6-11(26)17(20(15)19)21(27)23(22)29-2/h3-6,25-26H,7H2,1-2H3. The van der Waals surface area contributed by atoms with Gasteiger partial charge in [-0.05, 0) is 17.5 Å². The molecule has 0 aromatic heterocycles. The number of fused-ring (bicyclic) bond motifs is 1. The molecule has 0 bridgehead atoms. The maximum atomic E-state index is 13.2. The second-order valence-corrected chi connectivity index (χ2v) is 7.33. The minimum Gasteiger partial charge on any atom is -0.507 e. The van der Waals surface area contributed by atoms with Crippen LogP contribution in [0, 0.1) is 0 Å². The van der Waals surface area contributed by atoms with E-state index in [-0.39, 0.29) is 51.7 Å². The number of methoxy groups -OCH3 is 2. The molecule has 6 rings (SSSR count). The van der Waals surface area contributed by atoms with E-state index in [0.717, 1.165) is 0 Å². The molecule has 0 aliphatic carbocycles. The third-order valence-corrected chi connectivity index (χ3v) is 5.93. The van der Waals surface area contributed by atoms with Crippen molar-refractivity contribution >= 4 is 43.1 Å². The lowest BCUT2D eigenvalue weighted by Gasteiger charge is -2.19. The van der Waals surface area contributed by atoms with E-state index in [4.69, 9.17) is 18.9 Å². The fourth-order valence-corrected chi connectivity index (χ4v) is 4.78. The Labute approximate surface area is 173 Å². The van der Waals surface area contributed by atoms with E-state index in [0.29, 0.717) is 38.1 Å². The number of phenols is 2. The van der Waals surface area contributed by atoms with Gasteiger partial charge in [-0.15, -0.1) is 0 Å². The average Bonchev–Trinajstić information content (AvgIpc) is 2.92. The summed E-state index contributed by atoms with van der Waals surface area (Å²) in [6.07, 6.45) is 0. The van der Waals surface area contributed by atoms with Crippen LogP contribution in [-0.4, -0.2) is 31.2 Å². The Balaban J connectivity index is 2.15. The highest BCUT2D eigenvalue weighted by molar-refractivity contribution is 6.38. The van der Waals surface area contributed by atoms with E-state index < -0.39 is 5.43 Å². The van der Waals surface area contributed by atoms with Crippen LogP contribution in [-0.2, 0) is 0 Å². The van der Waals surface area contributed by atoms with Gasteiger partial charge in [0, 0.05) is 39.1 Å². The van der Waals surface area contributed by atoms with Crippen molar-refractivity contribution < 1.29 is 29.2 Å². The summed E-state index contributed by atoms with van der Waals surface area (Å²) in [5.74, 6) is 0.168. The van der Waals surface area contributed by atoms with Gasteiger partial charge in [0.1, 0.15) is 23.0 Å². The highest BCUT2D eigenvalue weighted by atomic mass is 16.7. The molecule has 0 atom stereocenters. The molecule has 31 heavy (non-hydrogen) atoms. The third-order valence-electron chi connectivity index (χ3n) is 5.93. The van der Waals surface area contributed by atoms with Gasteiger partial charge >= 0.3 is 0 Å². The predicted molar refractivity (Wildman–Crippen MR) is 114 cm³/mol. The zero-order valence-corrected chi connectivity index (χ0v) is 16.4. The largest absolute Gasteiger partial charge is 0.507 e. The number of rotatable bonds is 2. The van der Waals surface area contributed by atoms with Crippen molar-refractivity contribution in [1.29, 1.82) is 0 Å². The summed E-state index contributed by atoms with van der Waals surface area (Å²) in [5, 5.41) is 24.4. The average molecular weight is 418 g/mol. The maximum Gasteiger partial charge on any atom is 0.235 e. The highest BCUT2D eigenvalue weighted by Gasteiger charge is 2.30. The van der Waals surface area contributed by atoms with Crippen LogP contribution in [0.2, 0.25) is 0 Å². The molecule has 1 heterocycles. The number of hydrogen-bond acceptors (Lipinski definition) is 8. The predicted octanol–water partition coefficient (Wildman–Crippen LogP) is 3.05. The van der Waals surface area contributed by atoms with Crippen LogP contribution in [0.15, 0.2) is 33.9 Å². The summed E-state index contributed by atoms with van der Waals surface area (Å²) in [6.45, 7) is -0.185. The van der Waals surface area contributed by atoms with Gasteiger partial charge in [-0.2, -0.15) is 0 Å². The summed E-state index contributed by atoms with van der Waals surface area (Å²) < 4.78 is 22.3. The fourth-order valence-electron chi connectivity index (χ4n) is 4.78. The van der Waals surface area contributed by atoms with Crippen molar-refractivity contribution in [2.24, 2.45) is 0 Å². The van der Waals surface area contributed by atoms with Crippen molar-refractivity contribution in [3.05, 3.63) is 44.7 Å². The molecule has 0 amide bonds. The lowest BCUT2D eigenvalue weighted by Crippen LogP contribution is -2.10. The smallest absolute Gasteiger partial charge is 0.235 e. The molecule has 0 spiro atoms. The minimum atomic E-state index is -0.538. The SMILES string of the molecule is COc1c(OC)c2c3ccc(=O)c4c(O)cc5c(c6c(cc(O)c(c1=O)c26)OCO5)c43. The van der Waals surface area contributed by atoms with E-state index >= 15 is 0 Å². The number of aromatic hydroxyl groups is 2. The van der Waals surface area contributed by atoms with Crippen LogP contribution in [0.25, 0.3) is 43.1 Å². The van der Waals surface area contributed by atoms with Gasteiger partial charge in [0.05, 0.1) is 25.0 Å². The molecular formula is C23H14O8. The first-order valence-corrected chi connectivity index (χ1v) is 9.38. The normalized spacial score (nSPS) is 13.1. The molecule has 1 aliphatic heterocycles. The molecule has 0 saturated carbocycles. The van der Waals surface area contributed by atoms with Gasteiger partial charge in [-0.25, -0.2) is 0 Å². The number of hydrogen-bond donors (Lipinski definition) is 2. The lowest BCUT2D eigenvalue weighted by atomic mass is 9.87. The van der Waals surface area contributed by atoms with Crippen molar-refractivity contribution in [2.45, 2.75) is 0 Å². The van der Waals surface area contributed by atoms with Crippen molar-refractivity contribution in [1.82, 2.24) is 0 Å². The Hall–Kier alpha value is -4.20. The third kappa shape index (κ3) is 1.94. The van der Waals surface area contributed by atoms with E-state index in [1.165, 1.54) is 32.4 Å².